The normalized spacial score (nSPS) is 17.0. The zero-order valence-electron chi connectivity index (χ0n) is 24.8. The highest BCUT2D eigenvalue weighted by molar-refractivity contribution is 6.34. The van der Waals surface area contributed by atoms with Crippen LogP contribution < -0.4 is 16.3 Å². The van der Waals surface area contributed by atoms with Crippen LogP contribution in [0.2, 0.25) is 5.02 Å². The van der Waals surface area contributed by atoms with Gasteiger partial charge in [-0.3, -0.25) is 14.6 Å². The number of amides is 2. The first kappa shape index (κ1) is 29.9. The van der Waals surface area contributed by atoms with Gasteiger partial charge in [0.05, 0.1) is 27.5 Å². The lowest BCUT2D eigenvalue weighted by molar-refractivity contribution is -0.128. The molecular weight excluding hydrogens is 566 g/mol. The van der Waals surface area contributed by atoms with E-state index < -0.39 is 11.6 Å². The van der Waals surface area contributed by atoms with Gasteiger partial charge in [-0.15, -0.1) is 0 Å². The molecule has 0 saturated carbocycles. The van der Waals surface area contributed by atoms with E-state index in [1.165, 1.54) is 10.6 Å². The molecule has 1 aliphatic rings. The number of primary amides is 1. The Labute approximate surface area is 254 Å². The Morgan fingerprint density at radius 3 is 2.51 bits per heavy atom. The van der Waals surface area contributed by atoms with Gasteiger partial charge in [-0.25, -0.2) is 14.3 Å². The SMILES string of the molecule is C=CC(=O)N1CC(C)N(c2nc(=O)n(-c3c(C)ccnc3C(C)C)c3nc(-c4ccccc4C(N)=O)c(Cl)cc23)CC1C. The van der Waals surface area contributed by atoms with E-state index in [2.05, 4.69) is 16.5 Å². The minimum Gasteiger partial charge on any atom is -0.366 e. The van der Waals surface area contributed by atoms with Gasteiger partial charge in [-0.2, -0.15) is 4.98 Å². The van der Waals surface area contributed by atoms with Gasteiger partial charge in [0.1, 0.15) is 5.82 Å². The third-order valence-corrected chi connectivity index (χ3v) is 8.18. The summed E-state index contributed by atoms with van der Waals surface area (Å²) in [7, 11) is 0. The van der Waals surface area contributed by atoms with Crippen LogP contribution in [0.3, 0.4) is 0 Å². The number of carbonyl (C=O) groups excluding carboxylic acids is 2. The molecule has 2 unspecified atom stereocenters. The predicted octanol–water partition coefficient (Wildman–Crippen LogP) is 4.64. The maximum atomic E-state index is 14.1. The van der Waals surface area contributed by atoms with Gasteiger partial charge in [0, 0.05) is 42.5 Å². The number of nitrogens with zero attached hydrogens (tertiary/aromatic N) is 6. The van der Waals surface area contributed by atoms with Crippen molar-refractivity contribution in [1.82, 2.24) is 24.4 Å². The zero-order valence-corrected chi connectivity index (χ0v) is 25.6. The highest BCUT2D eigenvalue weighted by atomic mass is 35.5. The third kappa shape index (κ3) is 5.27. The molecular formula is C32H34ClN7O3. The molecule has 4 heterocycles. The molecule has 1 aromatic carbocycles. The molecule has 2 amide bonds. The van der Waals surface area contributed by atoms with Crippen LogP contribution in [0, 0.1) is 6.92 Å². The summed E-state index contributed by atoms with van der Waals surface area (Å²) in [4.78, 5) is 56.9. The molecule has 43 heavy (non-hydrogen) atoms. The summed E-state index contributed by atoms with van der Waals surface area (Å²) in [5.41, 5.74) is 8.63. The van der Waals surface area contributed by atoms with Crippen LogP contribution in [0.1, 0.15) is 55.2 Å². The maximum absolute atomic E-state index is 14.1. The molecule has 1 saturated heterocycles. The standard InChI is InChI=1S/C32H34ClN7O3/c1-7-25(41)38-15-20(6)39(16-19(38)5)30-23-14-24(33)27(21-10-8-9-11-22(21)29(34)42)36-31(23)40(32(43)37-30)28-18(4)12-13-35-26(28)17(2)3/h7-14,17,19-20H,1,15-16H2,2-6H3,(H2,34,42). The van der Waals surface area contributed by atoms with Crippen LogP contribution in [0.4, 0.5) is 5.82 Å². The van der Waals surface area contributed by atoms with Gasteiger partial charge in [0.25, 0.3) is 0 Å². The lowest BCUT2D eigenvalue weighted by atomic mass is 10.0. The molecule has 5 rings (SSSR count). The summed E-state index contributed by atoms with van der Waals surface area (Å²) < 4.78 is 1.48. The molecule has 2 N–H and O–H groups in total. The Kier molecular flexibility index (Phi) is 8.07. The van der Waals surface area contributed by atoms with E-state index in [0.29, 0.717) is 52.6 Å². The number of anilines is 1. The Morgan fingerprint density at radius 1 is 1.12 bits per heavy atom. The second kappa shape index (κ2) is 11.6. The summed E-state index contributed by atoms with van der Waals surface area (Å²) in [5.74, 6) is -0.363. The van der Waals surface area contributed by atoms with Crippen molar-refractivity contribution in [3.63, 3.8) is 0 Å². The molecule has 0 radical (unpaired) electrons. The van der Waals surface area contributed by atoms with E-state index in [1.54, 1.807) is 41.4 Å². The number of aromatic nitrogens is 4. The Balaban J connectivity index is 1.85. The number of hydrogen-bond donors (Lipinski definition) is 1. The fourth-order valence-corrected chi connectivity index (χ4v) is 6.00. The van der Waals surface area contributed by atoms with E-state index in [1.807, 2.05) is 45.6 Å². The first-order valence-corrected chi connectivity index (χ1v) is 14.5. The third-order valence-electron chi connectivity index (χ3n) is 7.89. The minimum absolute atomic E-state index is 0.00442. The Morgan fingerprint density at radius 2 is 1.84 bits per heavy atom. The molecule has 222 valence electrons. The molecule has 3 aromatic heterocycles. The van der Waals surface area contributed by atoms with Gasteiger partial charge < -0.3 is 15.5 Å². The van der Waals surface area contributed by atoms with Gasteiger partial charge in [0.2, 0.25) is 11.8 Å². The van der Waals surface area contributed by atoms with Crippen molar-refractivity contribution in [2.45, 2.75) is 52.6 Å². The lowest BCUT2D eigenvalue weighted by Gasteiger charge is -2.44. The predicted molar refractivity (Wildman–Crippen MR) is 169 cm³/mol. The van der Waals surface area contributed by atoms with Crippen LogP contribution in [-0.2, 0) is 4.79 Å². The number of halogens is 1. The summed E-state index contributed by atoms with van der Waals surface area (Å²) in [5, 5.41) is 0.813. The highest BCUT2D eigenvalue weighted by Gasteiger charge is 2.34. The summed E-state index contributed by atoms with van der Waals surface area (Å²) in [6.07, 6.45) is 3.03. The maximum Gasteiger partial charge on any atom is 0.355 e. The number of piperazine rings is 1. The van der Waals surface area contributed by atoms with Crippen LogP contribution in [0.15, 0.2) is 60.0 Å². The fourth-order valence-electron chi connectivity index (χ4n) is 5.75. The van der Waals surface area contributed by atoms with Crippen LogP contribution in [-0.4, -0.2) is 61.4 Å². The molecule has 0 aliphatic carbocycles. The lowest BCUT2D eigenvalue weighted by Crippen LogP contribution is -2.58. The number of benzene rings is 1. The number of hydrogen-bond acceptors (Lipinski definition) is 7. The Bertz CT molecular complexity index is 1830. The summed E-state index contributed by atoms with van der Waals surface area (Å²) in [6, 6.07) is 10.0. The number of carbonyl (C=O) groups is 2. The van der Waals surface area contributed by atoms with Crippen molar-refractivity contribution in [2.24, 2.45) is 5.73 Å². The monoisotopic (exact) mass is 599 g/mol. The molecule has 0 spiro atoms. The first-order valence-electron chi connectivity index (χ1n) is 14.1. The van der Waals surface area contributed by atoms with E-state index >= 15 is 0 Å². The average Bonchev–Trinajstić information content (AvgIpc) is 2.97. The van der Waals surface area contributed by atoms with Crippen LogP contribution in [0.5, 0.6) is 0 Å². The summed E-state index contributed by atoms with van der Waals surface area (Å²) in [6.45, 7) is 14.3. The quantitative estimate of drug-likeness (QED) is 0.320. The first-order chi connectivity index (χ1) is 20.4. The largest absolute Gasteiger partial charge is 0.366 e. The molecule has 10 nitrogen and oxygen atoms in total. The van der Waals surface area contributed by atoms with Gasteiger partial charge >= 0.3 is 5.69 Å². The zero-order chi connectivity index (χ0) is 31.2. The van der Waals surface area contributed by atoms with Crippen molar-refractivity contribution < 1.29 is 9.59 Å². The smallest absolute Gasteiger partial charge is 0.355 e. The van der Waals surface area contributed by atoms with Crippen LogP contribution >= 0.6 is 11.6 Å². The summed E-state index contributed by atoms with van der Waals surface area (Å²) >= 11 is 6.90. The van der Waals surface area contributed by atoms with Crippen molar-refractivity contribution in [2.75, 3.05) is 18.0 Å². The average molecular weight is 600 g/mol. The second-order valence-electron chi connectivity index (χ2n) is 11.2. The molecule has 11 heteroatoms. The molecule has 1 fully saturated rings. The molecule has 0 bridgehead atoms. The van der Waals surface area contributed by atoms with E-state index in [0.717, 1.165) is 5.56 Å². The molecule has 2 atom stereocenters. The minimum atomic E-state index is -0.624. The van der Waals surface area contributed by atoms with E-state index in [4.69, 9.17) is 22.3 Å². The van der Waals surface area contributed by atoms with Crippen molar-refractivity contribution in [1.29, 1.82) is 0 Å². The second-order valence-corrected chi connectivity index (χ2v) is 11.6. The van der Waals surface area contributed by atoms with Crippen molar-refractivity contribution in [3.8, 4) is 16.9 Å². The number of pyridine rings is 2. The van der Waals surface area contributed by atoms with Crippen molar-refractivity contribution in [3.05, 3.63) is 87.6 Å². The highest BCUT2D eigenvalue weighted by Crippen LogP contribution is 2.36. The molecule has 4 aromatic rings. The number of aryl methyl sites for hydroxylation is 1. The van der Waals surface area contributed by atoms with Gasteiger partial charge in [-0.1, -0.05) is 50.2 Å². The van der Waals surface area contributed by atoms with Crippen molar-refractivity contribution >= 4 is 40.3 Å². The van der Waals surface area contributed by atoms with Gasteiger partial charge in [-0.05, 0) is 56.5 Å². The molecule has 1 aliphatic heterocycles. The number of nitrogens with two attached hydrogens (primary N) is 1. The van der Waals surface area contributed by atoms with Crippen LogP contribution in [0.25, 0.3) is 28.0 Å². The van der Waals surface area contributed by atoms with Gasteiger partial charge in [0.15, 0.2) is 5.65 Å². The van der Waals surface area contributed by atoms with E-state index in [9.17, 15) is 14.4 Å². The number of fused-ring (bicyclic) bond motifs is 1. The Hall–Kier alpha value is -4.57. The number of rotatable bonds is 6. The topological polar surface area (TPSA) is 127 Å². The van der Waals surface area contributed by atoms with E-state index in [-0.39, 0.29) is 34.5 Å². The fraction of sp³-hybridized carbons (Fsp3) is 0.312.